The Morgan fingerprint density at radius 1 is 0.969 bits per heavy atom. The maximum atomic E-state index is 14.0. The molecule has 0 aliphatic heterocycles. The fraction of sp³-hybridized carbons (Fsp3) is 0.120. The molecule has 0 saturated carbocycles. The van der Waals surface area contributed by atoms with E-state index in [1.165, 1.54) is 12.1 Å². The number of urea groups is 1. The number of anilines is 1. The zero-order valence-corrected chi connectivity index (χ0v) is 17.2. The molecule has 0 radical (unpaired) electrons. The number of aromatic amines is 1. The van der Waals surface area contributed by atoms with Crippen LogP contribution < -0.4 is 20.9 Å². The van der Waals surface area contributed by atoms with Crippen LogP contribution in [-0.2, 0) is 13.0 Å². The average molecular weight is 431 g/mol. The largest absolute Gasteiger partial charge is 0.489 e. The van der Waals surface area contributed by atoms with E-state index in [1.54, 1.807) is 36.5 Å². The van der Waals surface area contributed by atoms with E-state index in [0.29, 0.717) is 36.4 Å². The van der Waals surface area contributed by atoms with Gasteiger partial charge in [0, 0.05) is 29.9 Å². The van der Waals surface area contributed by atoms with Gasteiger partial charge in [-0.1, -0.05) is 30.3 Å². The molecule has 7 heteroatoms. The Balaban J connectivity index is 1.30. The molecule has 0 spiro atoms. The maximum absolute atomic E-state index is 14.0. The second-order valence-corrected chi connectivity index (χ2v) is 7.31. The molecule has 3 N–H and O–H groups in total. The van der Waals surface area contributed by atoms with Gasteiger partial charge in [0.25, 0.3) is 5.56 Å². The van der Waals surface area contributed by atoms with Crippen LogP contribution in [0.25, 0.3) is 10.8 Å². The second kappa shape index (κ2) is 9.78. The zero-order valence-electron chi connectivity index (χ0n) is 17.2. The van der Waals surface area contributed by atoms with Crippen LogP contribution in [0.4, 0.5) is 14.9 Å². The van der Waals surface area contributed by atoms with Crippen molar-refractivity contribution in [3.05, 3.63) is 106 Å². The summed E-state index contributed by atoms with van der Waals surface area (Å²) in [6.07, 6.45) is 2.01. The molecule has 0 aliphatic rings. The minimum atomic E-state index is -0.388. The Hall–Kier alpha value is -4.13. The molecule has 1 aromatic heterocycles. The normalized spacial score (nSPS) is 10.7. The number of benzene rings is 3. The van der Waals surface area contributed by atoms with Gasteiger partial charge in [0.15, 0.2) is 0 Å². The quantitative estimate of drug-likeness (QED) is 0.400. The molecule has 0 bridgehead atoms. The van der Waals surface area contributed by atoms with Crippen molar-refractivity contribution in [2.24, 2.45) is 0 Å². The van der Waals surface area contributed by atoms with E-state index >= 15 is 0 Å². The molecule has 0 saturated heterocycles. The molecule has 0 fully saturated rings. The summed E-state index contributed by atoms with van der Waals surface area (Å²) < 4.78 is 19.7. The monoisotopic (exact) mass is 431 g/mol. The molecule has 2 amide bonds. The van der Waals surface area contributed by atoms with Crippen molar-refractivity contribution in [3.63, 3.8) is 0 Å². The van der Waals surface area contributed by atoms with Crippen LogP contribution in [-0.4, -0.2) is 17.6 Å². The van der Waals surface area contributed by atoms with Gasteiger partial charge in [-0.05, 0) is 59.3 Å². The number of carbonyl (C=O) groups is 1. The van der Waals surface area contributed by atoms with Crippen molar-refractivity contribution < 1.29 is 13.9 Å². The summed E-state index contributed by atoms with van der Waals surface area (Å²) in [5.41, 5.74) is 2.11. The summed E-state index contributed by atoms with van der Waals surface area (Å²) in [5.74, 6) is 0.0561. The molecule has 4 rings (SSSR count). The third-order valence-corrected chi connectivity index (χ3v) is 4.91. The summed E-state index contributed by atoms with van der Waals surface area (Å²) in [7, 11) is 0. The van der Waals surface area contributed by atoms with E-state index in [0.717, 1.165) is 16.5 Å². The average Bonchev–Trinajstić information content (AvgIpc) is 2.78. The number of carbonyl (C=O) groups excluding carboxylic acids is 1. The van der Waals surface area contributed by atoms with Gasteiger partial charge in [0.1, 0.15) is 18.2 Å². The van der Waals surface area contributed by atoms with Crippen molar-refractivity contribution in [2.45, 2.75) is 13.0 Å². The molecule has 0 atom stereocenters. The highest BCUT2D eigenvalue weighted by Crippen LogP contribution is 2.19. The van der Waals surface area contributed by atoms with Crippen molar-refractivity contribution in [1.29, 1.82) is 0 Å². The highest BCUT2D eigenvalue weighted by Gasteiger charge is 2.06. The first-order valence-electron chi connectivity index (χ1n) is 10.2. The molecular weight excluding hydrogens is 409 g/mol. The third kappa shape index (κ3) is 5.51. The Labute approximate surface area is 184 Å². The lowest BCUT2D eigenvalue weighted by Crippen LogP contribution is -2.30. The van der Waals surface area contributed by atoms with Gasteiger partial charge in [0.2, 0.25) is 0 Å². The summed E-state index contributed by atoms with van der Waals surface area (Å²) in [6.45, 7) is 0.669. The van der Waals surface area contributed by atoms with Gasteiger partial charge in [-0.3, -0.25) is 4.79 Å². The fourth-order valence-corrected chi connectivity index (χ4v) is 3.36. The van der Waals surface area contributed by atoms with Gasteiger partial charge in [-0.25, -0.2) is 9.18 Å². The first-order valence-corrected chi connectivity index (χ1v) is 10.2. The third-order valence-electron chi connectivity index (χ3n) is 4.91. The molecular formula is C25H22FN3O3. The van der Waals surface area contributed by atoms with Crippen LogP contribution in [0.3, 0.4) is 0 Å². The molecule has 0 unspecified atom stereocenters. The van der Waals surface area contributed by atoms with Gasteiger partial charge in [-0.15, -0.1) is 0 Å². The summed E-state index contributed by atoms with van der Waals surface area (Å²) in [5, 5.41) is 6.78. The Morgan fingerprint density at radius 2 is 1.81 bits per heavy atom. The predicted molar refractivity (Wildman–Crippen MR) is 122 cm³/mol. The first kappa shape index (κ1) is 21.1. The highest BCUT2D eigenvalue weighted by molar-refractivity contribution is 5.93. The van der Waals surface area contributed by atoms with Crippen LogP contribution in [0.1, 0.15) is 11.1 Å². The maximum Gasteiger partial charge on any atom is 0.319 e. The number of halogens is 1. The van der Waals surface area contributed by atoms with Crippen molar-refractivity contribution in [2.75, 3.05) is 11.9 Å². The van der Waals surface area contributed by atoms with Crippen molar-refractivity contribution in [3.8, 4) is 5.75 Å². The lowest BCUT2D eigenvalue weighted by molar-refractivity contribution is 0.252. The number of amides is 2. The number of hydrogen-bond acceptors (Lipinski definition) is 3. The van der Waals surface area contributed by atoms with Crippen LogP contribution in [0.15, 0.2) is 83.8 Å². The van der Waals surface area contributed by atoms with Crippen LogP contribution in [0, 0.1) is 5.82 Å². The molecule has 4 aromatic rings. The van der Waals surface area contributed by atoms with E-state index < -0.39 is 0 Å². The summed E-state index contributed by atoms with van der Waals surface area (Å²) in [4.78, 5) is 26.6. The number of fused-ring (bicyclic) bond motifs is 1. The number of hydrogen-bond donors (Lipinski definition) is 3. The zero-order chi connectivity index (χ0) is 22.3. The SMILES string of the molecule is O=C(NCCc1cc(F)cc(OCc2ccccc2)c1)Nc1ccc2c(=O)[nH]ccc2c1. The minimum Gasteiger partial charge on any atom is -0.489 e. The van der Waals surface area contributed by atoms with Crippen LogP contribution >= 0.6 is 0 Å². The highest BCUT2D eigenvalue weighted by atomic mass is 19.1. The van der Waals surface area contributed by atoms with E-state index in [4.69, 9.17) is 4.74 Å². The second-order valence-electron chi connectivity index (χ2n) is 7.31. The van der Waals surface area contributed by atoms with E-state index in [2.05, 4.69) is 15.6 Å². The van der Waals surface area contributed by atoms with Gasteiger partial charge >= 0.3 is 6.03 Å². The number of nitrogens with one attached hydrogen (secondary N) is 3. The summed E-state index contributed by atoms with van der Waals surface area (Å²) >= 11 is 0. The number of ether oxygens (including phenoxy) is 1. The minimum absolute atomic E-state index is 0.180. The lowest BCUT2D eigenvalue weighted by Gasteiger charge is -2.10. The van der Waals surface area contributed by atoms with E-state index in [1.807, 2.05) is 30.3 Å². The van der Waals surface area contributed by atoms with Crippen molar-refractivity contribution in [1.82, 2.24) is 10.3 Å². The van der Waals surface area contributed by atoms with Crippen molar-refractivity contribution >= 4 is 22.5 Å². The fourth-order valence-electron chi connectivity index (χ4n) is 3.36. The standard InChI is InChI=1S/C25H22FN3O3/c26-20-12-18(13-22(15-20)32-16-17-4-2-1-3-5-17)8-10-28-25(31)29-21-6-7-23-19(14-21)9-11-27-24(23)30/h1-7,9,11-15H,8,10,16H2,(H,27,30)(H2,28,29,31). The van der Waals surface area contributed by atoms with E-state index in [9.17, 15) is 14.0 Å². The van der Waals surface area contributed by atoms with Gasteiger partial charge in [0.05, 0.1) is 0 Å². The Morgan fingerprint density at radius 3 is 2.66 bits per heavy atom. The Kier molecular flexibility index (Phi) is 6.46. The molecule has 6 nitrogen and oxygen atoms in total. The topological polar surface area (TPSA) is 83.2 Å². The first-order chi connectivity index (χ1) is 15.6. The molecule has 3 aromatic carbocycles. The molecule has 0 aliphatic carbocycles. The van der Waals surface area contributed by atoms with Crippen LogP contribution in [0.5, 0.6) is 5.75 Å². The number of aromatic nitrogens is 1. The number of pyridine rings is 1. The Bertz CT molecular complexity index is 1290. The molecule has 32 heavy (non-hydrogen) atoms. The lowest BCUT2D eigenvalue weighted by atomic mass is 10.1. The predicted octanol–water partition coefficient (Wildman–Crippen LogP) is 4.61. The number of H-pyrrole nitrogens is 1. The van der Waals surface area contributed by atoms with Crippen LogP contribution in [0.2, 0.25) is 0 Å². The molecule has 162 valence electrons. The smallest absolute Gasteiger partial charge is 0.319 e. The van der Waals surface area contributed by atoms with Gasteiger partial charge < -0.3 is 20.4 Å². The summed E-state index contributed by atoms with van der Waals surface area (Å²) in [6, 6.07) is 20.6. The number of rotatable bonds is 7. The molecule has 1 heterocycles. The van der Waals surface area contributed by atoms with Gasteiger partial charge in [-0.2, -0.15) is 0 Å². The van der Waals surface area contributed by atoms with E-state index in [-0.39, 0.29) is 17.4 Å².